The van der Waals surface area contributed by atoms with Crippen LogP contribution in [0.3, 0.4) is 0 Å². The summed E-state index contributed by atoms with van der Waals surface area (Å²) >= 11 is 1.48. The number of fused-ring (bicyclic) bond motifs is 1. The van der Waals surface area contributed by atoms with E-state index >= 15 is 0 Å². The predicted molar refractivity (Wildman–Crippen MR) is 121 cm³/mol. The lowest BCUT2D eigenvalue weighted by Gasteiger charge is -2.21. The lowest BCUT2D eigenvalue weighted by Crippen LogP contribution is -2.33. The fourth-order valence-corrected chi connectivity index (χ4v) is 4.11. The van der Waals surface area contributed by atoms with E-state index in [1.807, 2.05) is 32.3 Å². The first kappa shape index (κ1) is 21.9. The van der Waals surface area contributed by atoms with Gasteiger partial charge in [0, 0.05) is 12.1 Å². The molecule has 3 rings (SSSR count). The third kappa shape index (κ3) is 4.83. The van der Waals surface area contributed by atoms with Gasteiger partial charge >= 0.3 is 0 Å². The Balaban J connectivity index is 1.96. The summed E-state index contributed by atoms with van der Waals surface area (Å²) in [7, 11) is 8.80. The van der Waals surface area contributed by atoms with Crippen molar-refractivity contribution in [2.75, 3.05) is 53.4 Å². The third-order valence-electron chi connectivity index (χ3n) is 4.68. The number of carbonyl (C=O) groups excluding carboxylic acids is 1. The number of hydrogen-bond donors (Lipinski definition) is 0. The molecule has 0 atom stereocenters. The zero-order valence-corrected chi connectivity index (χ0v) is 18.8. The molecule has 0 fully saturated rings. The maximum Gasteiger partial charge on any atom is 0.260 e. The molecular formula is C22H27N3O4S. The number of hydrogen-bond acceptors (Lipinski definition) is 7. The van der Waals surface area contributed by atoms with Gasteiger partial charge in [-0.3, -0.25) is 9.69 Å². The van der Waals surface area contributed by atoms with Crippen LogP contribution in [-0.2, 0) is 0 Å². The molecule has 0 saturated heterocycles. The molecule has 0 radical (unpaired) electrons. The number of aromatic nitrogens is 1. The van der Waals surface area contributed by atoms with Gasteiger partial charge in [-0.25, -0.2) is 4.98 Å². The molecule has 160 valence electrons. The summed E-state index contributed by atoms with van der Waals surface area (Å²) in [6.07, 6.45) is 0.825. The SMILES string of the molecule is COc1ccc2nc(N(CCCN(C)C)C(=O)c3ccc(OC)c(OC)c3)sc2c1. The van der Waals surface area contributed by atoms with Gasteiger partial charge in [-0.2, -0.15) is 0 Å². The minimum atomic E-state index is -0.124. The maximum absolute atomic E-state index is 13.4. The summed E-state index contributed by atoms with van der Waals surface area (Å²) in [5.74, 6) is 1.75. The topological polar surface area (TPSA) is 64.1 Å². The van der Waals surface area contributed by atoms with E-state index in [4.69, 9.17) is 19.2 Å². The summed E-state index contributed by atoms with van der Waals surface area (Å²) < 4.78 is 16.9. The Labute approximate surface area is 180 Å². The summed E-state index contributed by atoms with van der Waals surface area (Å²) in [5.41, 5.74) is 1.36. The van der Waals surface area contributed by atoms with Gasteiger partial charge in [-0.05, 0) is 63.5 Å². The Morgan fingerprint density at radius 3 is 2.40 bits per heavy atom. The van der Waals surface area contributed by atoms with Crippen LogP contribution in [0.25, 0.3) is 10.2 Å². The second-order valence-electron chi connectivity index (χ2n) is 7.01. The summed E-state index contributed by atoms with van der Waals surface area (Å²) in [6.45, 7) is 1.43. The van der Waals surface area contributed by atoms with Crippen molar-refractivity contribution in [1.29, 1.82) is 0 Å². The molecule has 0 saturated carbocycles. The average Bonchev–Trinajstić information content (AvgIpc) is 3.18. The van der Waals surface area contributed by atoms with Crippen molar-refractivity contribution in [3.05, 3.63) is 42.0 Å². The van der Waals surface area contributed by atoms with E-state index < -0.39 is 0 Å². The fraction of sp³-hybridized carbons (Fsp3) is 0.364. The van der Waals surface area contributed by atoms with Gasteiger partial charge in [0.25, 0.3) is 5.91 Å². The van der Waals surface area contributed by atoms with E-state index in [2.05, 4.69) is 4.90 Å². The van der Waals surface area contributed by atoms with Gasteiger partial charge in [0.05, 0.1) is 31.5 Å². The Bertz CT molecular complexity index is 1020. The number of methoxy groups -OCH3 is 3. The van der Waals surface area contributed by atoms with Crippen LogP contribution in [0.4, 0.5) is 5.13 Å². The molecule has 8 heteroatoms. The van der Waals surface area contributed by atoms with Gasteiger partial charge in [0.2, 0.25) is 0 Å². The largest absolute Gasteiger partial charge is 0.497 e. The molecule has 1 amide bonds. The van der Waals surface area contributed by atoms with Crippen molar-refractivity contribution in [3.63, 3.8) is 0 Å². The minimum Gasteiger partial charge on any atom is -0.497 e. The van der Waals surface area contributed by atoms with Crippen LogP contribution in [-0.4, -0.2) is 64.3 Å². The number of amides is 1. The highest BCUT2D eigenvalue weighted by Gasteiger charge is 2.22. The molecule has 7 nitrogen and oxygen atoms in total. The van der Waals surface area contributed by atoms with Crippen LogP contribution in [0, 0.1) is 0 Å². The number of thiazole rings is 1. The number of anilines is 1. The second kappa shape index (κ2) is 9.77. The molecule has 0 N–H and O–H groups in total. The molecule has 0 unspecified atom stereocenters. The molecule has 3 aromatic rings. The highest BCUT2D eigenvalue weighted by atomic mass is 32.1. The van der Waals surface area contributed by atoms with E-state index in [1.54, 1.807) is 44.4 Å². The van der Waals surface area contributed by atoms with Crippen LogP contribution in [0.5, 0.6) is 17.2 Å². The van der Waals surface area contributed by atoms with Crippen molar-refractivity contribution in [3.8, 4) is 17.2 Å². The van der Waals surface area contributed by atoms with Gasteiger partial charge in [-0.15, -0.1) is 0 Å². The minimum absolute atomic E-state index is 0.124. The first-order valence-electron chi connectivity index (χ1n) is 9.60. The number of benzene rings is 2. The third-order valence-corrected chi connectivity index (χ3v) is 5.72. The van der Waals surface area contributed by atoms with Crippen LogP contribution in [0.2, 0.25) is 0 Å². The lowest BCUT2D eigenvalue weighted by atomic mass is 10.1. The van der Waals surface area contributed by atoms with Gasteiger partial charge < -0.3 is 19.1 Å². The number of ether oxygens (including phenoxy) is 3. The normalized spacial score (nSPS) is 11.0. The number of carbonyl (C=O) groups is 1. The highest BCUT2D eigenvalue weighted by Crippen LogP contribution is 2.33. The summed E-state index contributed by atoms with van der Waals surface area (Å²) in [6, 6.07) is 10.9. The molecule has 30 heavy (non-hydrogen) atoms. The van der Waals surface area contributed by atoms with E-state index in [0.29, 0.717) is 28.7 Å². The molecule has 1 aromatic heterocycles. The lowest BCUT2D eigenvalue weighted by molar-refractivity contribution is 0.0985. The van der Waals surface area contributed by atoms with Crippen molar-refractivity contribution >= 4 is 32.6 Å². The maximum atomic E-state index is 13.4. The van der Waals surface area contributed by atoms with Crippen LogP contribution in [0.1, 0.15) is 16.8 Å². The van der Waals surface area contributed by atoms with E-state index in [0.717, 1.165) is 28.9 Å². The molecule has 0 aliphatic carbocycles. The average molecular weight is 430 g/mol. The fourth-order valence-electron chi connectivity index (χ4n) is 3.09. The predicted octanol–water partition coefficient (Wildman–Crippen LogP) is 3.92. The molecule has 0 aliphatic heterocycles. The molecule has 1 heterocycles. The Morgan fingerprint density at radius 1 is 0.967 bits per heavy atom. The van der Waals surface area contributed by atoms with Crippen molar-refractivity contribution < 1.29 is 19.0 Å². The van der Waals surface area contributed by atoms with Crippen LogP contribution in [0.15, 0.2) is 36.4 Å². The highest BCUT2D eigenvalue weighted by molar-refractivity contribution is 7.22. The Hall–Kier alpha value is -2.84. The van der Waals surface area contributed by atoms with Crippen molar-refractivity contribution in [2.24, 2.45) is 0 Å². The quantitative estimate of drug-likeness (QED) is 0.514. The first-order valence-corrected chi connectivity index (χ1v) is 10.4. The zero-order valence-electron chi connectivity index (χ0n) is 18.0. The standard InChI is InChI=1S/C22H27N3O4S/c1-24(2)11-6-12-25(21(26)15-7-10-18(28-4)19(13-15)29-5)22-23-17-9-8-16(27-3)14-20(17)30-22/h7-10,13-14H,6,11-12H2,1-5H3. The van der Waals surface area contributed by atoms with E-state index in [-0.39, 0.29) is 5.91 Å². The Kier molecular flexibility index (Phi) is 7.12. The molecule has 0 bridgehead atoms. The second-order valence-corrected chi connectivity index (χ2v) is 8.02. The monoisotopic (exact) mass is 429 g/mol. The summed E-state index contributed by atoms with van der Waals surface area (Å²) in [5, 5.41) is 0.664. The van der Waals surface area contributed by atoms with Crippen LogP contribution >= 0.6 is 11.3 Å². The summed E-state index contributed by atoms with van der Waals surface area (Å²) in [4.78, 5) is 22.0. The van der Waals surface area contributed by atoms with Crippen molar-refractivity contribution in [2.45, 2.75) is 6.42 Å². The first-order chi connectivity index (χ1) is 14.5. The van der Waals surface area contributed by atoms with Crippen LogP contribution < -0.4 is 19.1 Å². The van der Waals surface area contributed by atoms with Gasteiger partial charge in [0.1, 0.15) is 5.75 Å². The molecular weight excluding hydrogens is 402 g/mol. The molecule has 0 aliphatic rings. The van der Waals surface area contributed by atoms with E-state index in [9.17, 15) is 4.79 Å². The Morgan fingerprint density at radius 2 is 1.73 bits per heavy atom. The zero-order chi connectivity index (χ0) is 21.7. The number of nitrogens with zero attached hydrogens (tertiary/aromatic N) is 3. The number of rotatable bonds is 9. The molecule has 0 spiro atoms. The van der Waals surface area contributed by atoms with E-state index in [1.165, 1.54) is 11.3 Å². The molecule has 2 aromatic carbocycles. The van der Waals surface area contributed by atoms with Gasteiger partial charge in [-0.1, -0.05) is 11.3 Å². The van der Waals surface area contributed by atoms with Crippen molar-refractivity contribution in [1.82, 2.24) is 9.88 Å². The smallest absolute Gasteiger partial charge is 0.260 e. The van der Waals surface area contributed by atoms with Gasteiger partial charge in [0.15, 0.2) is 16.6 Å².